The summed E-state index contributed by atoms with van der Waals surface area (Å²) < 4.78 is 15.8. The van der Waals surface area contributed by atoms with E-state index in [4.69, 9.17) is 4.42 Å². The van der Waals surface area contributed by atoms with Crippen LogP contribution in [0, 0.1) is 17.9 Å². The molecule has 0 saturated carbocycles. The molecule has 5 aromatic heterocycles. The van der Waals surface area contributed by atoms with E-state index in [0.717, 1.165) is 125 Å². The molecule has 0 atom stereocenters. The van der Waals surface area contributed by atoms with E-state index in [2.05, 4.69) is 208 Å². The molecular formula is C74H40N4OS2. The zero-order valence-corrected chi connectivity index (χ0v) is 44.7. The molecule has 81 heavy (non-hydrogen) atoms. The van der Waals surface area contributed by atoms with Gasteiger partial charge in [-0.2, -0.15) is 5.26 Å². The Morgan fingerprint density at radius 2 is 0.951 bits per heavy atom. The second kappa shape index (κ2) is 17.5. The SMILES string of the molecule is [C-]#[N+]c1c(-c2ccccc2)c(C#N)c(-n2c3c(ccc4c5ccccc5sc43)c3ccc4c5cc(-c6ccccc6)ccc5sc4c32)c(-c2ccccc2)c1-n1c2ccccc2c2cc(-c3cccc4oc5ccccc5c34)ccc21. The van der Waals surface area contributed by atoms with Crippen molar-refractivity contribution in [2.75, 3.05) is 0 Å². The Morgan fingerprint density at radius 3 is 1.67 bits per heavy atom. The predicted molar refractivity (Wildman–Crippen MR) is 341 cm³/mol. The van der Waals surface area contributed by atoms with Crippen LogP contribution in [0.3, 0.4) is 0 Å². The van der Waals surface area contributed by atoms with E-state index < -0.39 is 0 Å². The van der Waals surface area contributed by atoms with Crippen molar-refractivity contribution in [3.05, 3.63) is 260 Å². The maximum absolute atomic E-state index is 12.3. The van der Waals surface area contributed by atoms with Crippen LogP contribution in [-0.4, -0.2) is 9.13 Å². The highest BCUT2D eigenvalue weighted by Crippen LogP contribution is 2.55. The number of furan rings is 1. The van der Waals surface area contributed by atoms with E-state index in [1.54, 1.807) is 22.7 Å². The molecule has 0 saturated heterocycles. The van der Waals surface area contributed by atoms with Crippen LogP contribution in [0.25, 0.3) is 167 Å². The molecular weight excluding hydrogens is 1020 g/mol. The summed E-state index contributed by atoms with van der Waals surface area (Å²) >= 11 is 3.60. The van der Waals surface area contributed by atoms with Crippen molar-refractivity contribution >= 4 is 134 Å². The molecule has 0 N–H and O–H groups in total. The number of aromatic nitrogens is 2. The number of rotatable bonds is 6. The van der Waals surface area contributed by atoms with E-state index in [0.29, 0.717) is 22.5 Å². The van der Waals surface area contributed by atoms with Gasteiger partial charge in [-0.3, -0.25) is 0 Å². The molecule has 7 heteroatoms. The topological polar surface area (TPSA) is 51.1 Å². The number of hydrogen-bond acceptors (Lipinski definition) is 4. The fourth-order valence-corrected chi connectivity index (χ4v) is 15.6. The molecule has 0 bridgehead atoms. The molecule has 0 aliphatic heterocycles. The van der Waals surface area contributed by atoms with Crippen molar-refractivity contribution < 1.29 is 4.42 Å². The van der Waals surface area contributed by atoms with Gasteiger partial charge in [0.25, 0.3) is 0 Å². The molecule has 0 fully saturated rings. The van der Waals surface area contributed by atoms with Crippen LogP contribution in [0.5, 0.6) is 0 Å². The molecule has 0 aliphatic rings. The van der Waals surface area contributed by atoms with Crippen LogP contribution in [0.2, 0.25) is 0 Å². The quantitative estimate of drug-likeness (QED) is 0.156. The Hall–Kier alpha value is -10.5. The number of nitrogens with zero attached hydrogens (tertiary/aromatic N) is 4. The second-order valence-electron chi connectivity index (χ2n) is 20.8. The third kappa shape index (κ3) is 6.50. The fraction of sp³-hybridized carbons (Fsp3) is 0. The number of fused-ring (bicyclic) bond motifs is 17. The van der Waals surface area contributed by atoms with E-state index in [1.165, 1.54) is 25.7 Å². The molecule has 17 aromatic rings. The molecule has 12 aromatic carbocycles. The number of benzene rings is 12. The number of para-hydroxylation sites is 2. The first-order valence-corrected chi connectivity index (χ1v) is 28.6. The third-order valence-corrected chi connectivity index (χ3v) is 19.0. The van der Waals surface area contributed by atoms with Gasteiger partial charge in [-0.05, 0) is 81.9 Å². The summed E-state index contributed by atoms with van der Waals surface area (Å²) in [5, 5.41) is 23.4. The molecule has 17 rings (SSSR count). The molecule has 374 valence electrons. The summed E-state index contributed by atoms with van der Waals surface area (Å²) in [6, 6.07) is 88.6. The maximum Gasteiger partial charge on any atom is 0.220 e. The van der Waals surface area contributed by atoms with Crippen molar-refractivity contribution in [1.29, 1.82) is 5.26 Å². The highest BCUT2D eigenvalue weighted by Gasteiger charge is 2.33. The predicted octanol–water partition coefficient (Wildman–Crippen LogP) is 21.6. The minimum absolute atomic E-state index is 0.398. The van der Waals surface area contributed by atoms with Gasteiger partial charge >= 0.3 is 0 Å². The highest BCUT2D eigenvalue weighted by atomic mass is 32.1. The number of nitriles is 1. The second-order valence-corrected chi connectivity index (χ2v) is 22.9. The van der Waals surface area contributed by atoms with Gasteiger partial charge in [-0.15, -0.1) is 22.7 Å². The normalized spacial score (nSPS) is 11.9. The number of thiophene rings is 2. The van der Waals surface area contributed by atoms with E-state index in [9.17, 15) is 11.8 Å². The lowest BCUT2D eigenvalue weighted by atomic mass is 9.88. The Kier molecular flexibility index (Phi) is 9.82. The Labute approximate surface area is 471 Å². The standard InChI is InChI=1S/C74H40N4OS2/c1-76-68-65(44-20-7-3-8-21-44)58(42-75)69(78-70-51(34-36-53-50-25-13-16-31-63(50)80-73(53)70)52-35-37-54-57-40-46(43-18-5-2-6-19-43)33-39-64(57)81-74(54)71(52)78)66(45-22-9-4-10-23-45)72(68)77-59-28-14-11-24-49(59)56-41-47(32-38-60(56)77)48-27-17-30-62-67(48)55-26-12-15-29-61(55)79-62/h2-41H. The summed E-state index contributed by atoms with van der Waals surface area (Å²) in [6.45, 7) is 9.51. The minimum atomic E-state index is 0.398. The van der Waals surface area contributed by atoms with Crippen LogP contribution in [-0.2, 0) is 0 Å². The van der Waals surface area contributed by atoms with Gasteiger partial charge in [0, 0.05) is 74.4 Å². The Balaban J connectivity index is 1.08. The molecule has 5 heterocycles. The zero-order chi connectivity index (χ0) is 53.4. The fourth-order valence-electron chi connectivity index (χ4n) is 13.2. The van der Waals surface area contributed by atoms with Crippen molar-refractivity contribution in [3.63, 3.8) is 0 Å². The van der Waals surface area contributed by atoms with Gasteiger partial charge in [0.15, 0.2) is 0 Å². The van der Waals surface area contributed by atoms with Gasteiger partial charge in [-0.25, -0.2) is 4.85 Å². The monoisotopic (exact) mass is 1060 g/mol. The Morgan fingerprint density at radius 1 is 0.395 bits per heavy atom. The maximum atomic E-state index is 12.3. The molecule has 0 unspecified atom stereocenters. The van der Waals surface area contributed by atoms with Crippen molar-refractivity contribution in [2.45, 2.75) is 0 Å². The molecule has 0 spiro atoms. The third-order valence-electron chi connectivity index (χ3n) is 16.6. The number of hydrogen-bond donors (Lipinski definition) is 0. The lowest BCUT2D eigenvalue weighted by Crippen LogP contribution is -2.09. The van der Waals surface area contributed by atoms with Crippen LogP contribution in [0.4, 0.5) is 5.69 Å². The van der Waals surface area contributed by atoms with Crippen molar-refractivity contribution in [3.8, 4) is 62.0 Å². The average Bonchev–Trinajstić information content (AvgIpc) is 4.18. The van der Waals surface area contributed by atoms with E-state index in [-0.39, 0.29) is 0 Å². The largest absolute Gasteiger partial charge is 0.456 e. The molecule has 5 nitrogen and oxygen atoms in total. The minimum Gasteiger partial charge on any atom is -0.456 e. The van der Waals surface area contributed by atoms with Gasteiger partial charge in [0.05, 0.1) is 55.0 Å². The Bertz CT molecular complexity index is 5610. The summed E-state index contributed by atoms with van der Waals surface area (Å²) in [7, 11) is 0. The van der Waals surface area contributed by atoms with E-state index in [1.807, 2.05) is 54.6 Å². The molecule has 0 radical (unpaired) electrons. The average molecular weight is 1070 g/mol. The summed E-state index contributed by atoms with van der Waals surface area (Å²) in [6.07, 6.45) is 0. The molecule has 0 amide bonds. The van der Waals surface area contributed by atoms with Crippen LogP contribution in [0.1, 0.15) is 5.56 Å². The summed E-state index contributed by atoms with van der Waals surface area (Å²) in [5.41, 5.74) is 15.4. The first kappa shape index (κ1) is 45.5. The van der Waals surface area contributed by atoms with Crippen LogP contribution in [0.15, 0.2) is 247 Å². The van der Waals surface area contributed by atoms with Gasteiger partial charge < -0.3 is 13.6 Å². The van der Waals surface area contributed by atoms with Crippen molar-refractivity contribution in [2.24, 2.45) is 0 Å². The van der Waals surface area contributed by atoms with Gasteiger partial charge in [0.1, 0.15) is 17.2 Å². The summed E-state index contributed by atoms with van der Waals surface area (Å²) in [4.78, 5) is 4.63. The van der Waals surface area contributed by atoms with Crippen LogP contribution >= 0.6 is 22.7 Å². The van der Waals surface area contributed by atoms with Crippen molar-refractivity contribution in [1.82, 2.24) is 9.13 Å². The van der Waals surface area contributed by atoms with Gasteiger partial charge in [0.2, 0.25) is 5.69 Å². The van der Waals surface area contributed by atoms with Gasteiger partial charge in [-0.1, -0.05) is 194 Å². The first-order valence-electron chi connectivity index (χ1n) is 27.0. The first-order chi connectivity index (χ1) is 40.1. The molecule has 0 aliphatic carbocycles. The lowest BCUT2D eigenvalue weighted by Gasteiger charge is -2.26. The highest BCUT2D eigenvalue weighted by molar-refractivity contribution is 7.27. The summed E-state index contributed by atoms with van der Waals surface area (Å²) in [5.74, 6) is 0. The van der Waals surface area contributed by atoms with E-state index >= 15 is 0 Å². The van der Waals surface area contributed by atoms with Crippen LogP contribution < -0.4 is 0 Å². The zero-order valence-electron chi connectivity index (χ0n) is 43.1. The smallest absolute Gasteiger partial charge is 0.220 e. The lowest BCUT2D eigenvalue weighted by molar-refractivity contribution is 0.669.